The zero-order valence-electron chi connectivity index (χ0n) is 25.3. The number of ketones is 2. The lowest BCUT2D eigenvalue weighted by Crippen LogP contribution is -2.63. The highest BCUT2D eigenvalue weighted by Gasteiger charge is 2.63. The van der Waals surface area contributed by atoms with Gasteiger partial charge in [-0.1, -0.05) is 12.1 Å². The van der Waals surface area contributed by atoms with Crippen molar-refractivity contribution in [2.75, 3.05) is 38.4 Å². The van der Waals surface area contributed by atoms with E-state index in [4.69, 9.17) is 5.73 Å². The van der Waals surface area contributed by atoms with Crippen molar-refractivity contribution in [2.45, 2.75) is 37.4 Å². The number of allylic oxidation sites excluding steroid dienone is 1. The maximum Gasteiger partial charge on any atom is 0.573 e. The van der Waals surface area contributed by atoms with Gasteiger partial charge in [-0.3, -0.25) is 19.3 Å². The number of anilines is 2. The number of hydrogen-bond donors (Lipinski definition) is 6. The largest absolute Gasteiger partial charge is 0.573 e. The van der Waals surface area contributed by atoms with Crippen LogP contribution in [0.2, 0.25) is 0 Å². The Kier molecular flexibility index (Phi) is 7.97. The number of carbonyl (C=O) groups excluding carboxylic acids is 3. The van der Waals surface area contributed by atoms with Crippen LogP contribution in [0.5, 0.6) is 11.5 Å². The molecule has 7 N–H and O–H groups in total. The molecule has 0 fully saturated rings. The van der Waals surface area contributed by atoms with Crippen molar-refractivity contribution in [2.24, 2.45) is 17.6 Å². The molecule has 0 saturated heterocycles. The van der Waals surface area contributed by atoms with Gasteiger partial charge in [0.1, 0.15) is 28.6 Å². The molecule has 46 heavy (non-hydrogen) atoms. The maximum atomic E-state index is 14.1. The van der Waals surface area contributed by atoms with Gasteiger partial charge in [0.15, 0.2) is 11.4 Å². The number of nitrogens with one attached hydrogen (secondary N) is 1. The fraction of sp³-hybridized carbons (Fsp3) is 0.387. The molecule has 0 saturated carbocycles. The molecule has 0 unspecified atom stereocenters. The number of hydrogen-bond acceptors (Lipinski definition) is 11. The third-order valence-electron chi connectivity index (χ3n) is 8.82. The minimum absolute atomic E-state index is 0.0316. The van der Waals surface area contributed by atoms with Gasteiger partial charge >= 0.3 is 6.36 Å². The topological polar surface area (TPSA) is 186 Å². The van der Waals surface area contributed by atoms with Crippen LogP contribution in [-0.2, 0) is 22.6 Å². The summed E-state index contributed by atoms with van der Waals surface area (Å²) in [5.74, 6) is -7.89. The first-order valence-corrected chi connectivity index (χ1v) is 14.2. The van der Waals surface area contributed by atoms with Crippen LogP contribution in [0.25, 0.3) is 0 Å². The van der Waals surface area contributed by atoms with Gasteiger partial charge in [0.2, 0.25) is 5.78 Å². The van der Waals surface area contributed by atoms with Crippen molar-refractivity contribution in [3.05, 3.63) is 69.7 Å². The molecule has 0 aromatic heterocycles. The van der Waals surface area contributed by atoms with E-state index < -0.39 is 75.9 Å². The number of amides is 1. The van der Waals surface area contributed by atoms with Gasteiger partial charge < -0.3 is 41.1 Å². The molecule has 4 atom stereocenters. The molecular weight excluding hydrogens is 613 g/mol. The molecule has 1 amide bonds. The number of phenols is 1. The second kappa shape index (κ2) is 11.2. The lowest BCUT2D eigenvalue weighted by atomic mass is 9.58. The Morgan fingerprint density at radius 3 is 2.28 bits per heavy atom. The lowest BCUT2D eigenvalue weighted by molar-refractivity contribution is -0.274. The maximum absolute atomic E-state index is 14.1. The molecule has 0 radical (unpaired) electrons. The van der Waals surface area contributed by atoms with E-state index in [2.05, 4.69) is 10.1 Å². The van der Waals surface area contributed by atoms with E-state index in [1.54, 1.807) is 39.2 Å². The fourth-order valence-corrected chi connectivity index (χ4v) is 6.84. The number of aliphatic hydroxyl groups excluding tert-OH is 2. The number of halogens is 3. The molecule has 2 aromatic carbocycles. The highest BCUT2D eigenvalue weighted by molar-refractivity contribution is 6.25. The first-order chi connectivity index (χ1) is 21.4. The molecular formula is C31H33F3N4O8. The Morgan fingerprint density at radius 2 is 1.74 bits per heavy atom. The van der Waals surface area contributed by atoms with E-state index in [1.165, 1.54) is 17.0 Å². The van der Waals surface area contributed by atoms with Gasteiger partial charge in [-0.25, -0.2) is 0 Å². The minimum Gasteiger partial charge on any atom is -0.510 e. The van der Waals surface area contributed by atoms with Crippen LogP contribution in [0.15, 0.2) is 53.0 Å². The first kappa shape index (κ1) is 32.6. The third kappa shape index (κ3) is 5.18. The highest BCUT2D eigenvalue weighted by atomic mass is 19.4. The average molecular weight is 647 g/mol. The number of fused-ring (bicyclic) bond motifs is 3. The Bertz CT molecular complexity index is 1700. The molecule has 2 aromatic rings. The number of ether oxygens (including phenoxy) is 1. The summed E-state index contributed by atoms with van der Waals surface area (Å²) in [6, 6.07) is 5.55. The second-order valence-corrected chi connectivity index (χ2v) is 12.0. The Hall–Kier alpha value is -4.76. The number of alkyl halides is 3. The van der Waals surface area contributed by atoms with E-state index >= 15 is 0 Å². The highest BCUT2D eigenvalue weighted by Crippen LogP contribution is 2.54. The van der Waals surface area contributed by atoms with Crippen molar-refractivity contribution >= 4 is 28.8 Å². The van der Waals surface area contributed by atoms with Crippen molar-refractivity contribution in [3.63, 3.8) is 0 Å². The number of carbonyl (C=O) groups is 3. The van der Waals surface area contributed by atoms with Gasteiger partial charge in [-0.15, -0.1) is 13.2 Å². The quantitative estimate of drug-likeness (QED) is 0.192. The number of likely N-dealkylation sites (N-methyl/N-ethyl adjacent to an activating group) is 1. The van der Waals surface area contributed by atoms with Crippen LogP contribution >= 0.6 is 0 Å². The summed E-state index contributed by atoms with van der Waals surface area (Å²) < 4.78 is 41.4. The standard InChI is InChI=1S/C31H33F3N4O8/c1-37(2)19-11-18(36-12-13-5-7-15(8-6-13)46-31(32,33)34)24(39)21-16(19)9-14-10-17-23(38(3)4)26(41)22(29(35)44)28(43)30(17,45)27(42)20(14)25(21)40/h5-8,11,14,17,23,36,39,41-42,45H,9-10,12H2,1-4H3,(H2,35,44)/t14-,17-,23-,30-/m1/s1. The summed E-state index contributed by atoms with van der Waals surface area (Å²) in [4.78, 5) is 43.0. The van der Waals surface area contributed by atoms with Gasteiger partial charge in [-0.2, -0.15) is 0 Å². The van der Waals surface area contributed by atoms with E-state index in [0.29, 0.717) is 16.8 Å². The Morgan fingerprint density at radius 1 is 1.11 bits per heavy atom. The summed E-state index contributed by atoms with van der Waals surface area (Å²) in [5, 5.41) is 48.6. The van der Waals surface area contributed by atoms with E-state index in [-0.39, 0.29) is 36.2 Å². The van der Waals surface area contributed by atoms with E-state index in [0.717, 1.165) is 12.1 Å². The SMILES string of the molecule is CN(C)c1cc(NCc2ccc(OC(F)(F)F)cc2)c(O)c2c1C[C@@H]1C[C@@H]3[C@@H](N(C)C)C(O)=C(C(N)=O)C(=O)[C@]3(O)C(O)=C1C2=O. The molecule has 0 aliphatic heterocycles. The summed E-state index contributed by atoms with van der Waals surface area (Å²) in [6.45, 7) is 0.0316. The van der Waals surface area contributed by atoms with Crippen LogP contribution in [0, 0.1) is 11.8 Å². The monoisotopic (exact) mass is 646 g/mol. The minimum atomic E-state index is -4.84. The zero-order chi connectivity index (χ0) is 34.0. The first-order valence-electron chi connectivity index (χ1n) is 14.2. The lowest BCUT2D eigenvalue weighted by Gasteiger charge is -2.50. The fourth-order valence-electron chi connectivity index (χ4n) is 6.84. The van der Waals surface area contributed by atoms with E-state index in [1.807, 2.05) is 0 Å². The van der Waals surface area contributed by atoms with Gasteiger partial charge in [0.05, 0.1) is 17.3 Å². The second-order valence-electron chi connectivity index (χ2n) is 12.0. The molecule has 15 heteroatoms. The smallest absolute Gasteiger partial charge is 0.510 e. The average Bonchev–Trinajstić information content (AvgIpc) is 2.94. The molecule has 246 valence electrons. The number of benzene rings is 2. The normalized spacial score (nSPS) is 24.4. The number of aromatic hydroxyl groups is 1. The number of aliphatic hydroxyl groups is 3. The van der Waals surface area contributed by atoms with Gasteiger partial charge in [0, 0.05) is 37.8 Å². The molecule has 0 heterocycles. The van der Waals surface area contributed by atoms with Crippen LogP contribution in [0.4, 0.5) is 24.5 Å². The number of nitrogens with zero attached hydrogens (tertiary/aromatic N) is 2. The van der Waals surface area contributed by atoms with Crippen molar-refractivity contribution in [1.29, 1.82) is 0 Å². The number of phenolic OH excluding ortho intramolecular Hbond substituents is 1. The molecule has 5 rings (SSSR count). The van der Waals surface area contributed by atoms with Crippen LogP contribution in [0.1, 0.15) is 27.9 Å². The van der Waals surface area contributed by atoms with Crippen molar-refractivity contribution < 1.29 is 52.7 Å². The van der Waals surface area contributed by atoms with Crippen LogP contribution in [-0.4, -0.2) is 89.0 Å². The van der Waals surface area contributed by atoms with Crippen molar-refractivity contribution in [3.8, 4) is 11.5 Å². The molecule has 12 nitrogen and oxygen atoms in total. The van der Waals surface area contributed by atoms with E-state index in [9.17, 15) is 48.0 Å². The summed E-state index contributed by atoms with van der Waals surface area (Å²) in [6.07, 6.45) is -4.79. The zero-order valence-corrected chi connectivity index (χ0v) is 25.3. The number of nitrogens with two attached hydrogens (primary N) is 1. The third-order valence-corrected chi connectivity index (χ3v) is 8.82. The van der Waals surface area contributed by atoms with Crippen LogP contribution in [0.3, 0.4) is 0 Å². The molecule has 3 aliphatic rings. The summed E-state index contributed by atoms with van der Waals surface area (Å²) in [5.41, 5.74) is 2.86. The van der Waals surface area contributed by atoms with Crippen LogP contribution < -0.4 is 20.7 Å². The molecule has 0 bridgehead atoms. The summed E-state index contributed by atoms with van der Waals surface area (Å²) >= 11 is 0. The van der Waals surface area contributed by atoms with Crippen molar-refractivity contribution in [1.82, 2.24) is 4.90 Å². The Labute approximate surface area is 261 Å². The summed E-state index contributed by atoms with van der Waals surface area (Å²) in [7, 11) is 6.54. The number of Topliss-reactive ketones (excluding diaryl/α,β-unsaturated/α-hetero) is 2. The van der Waals surface area contributed by atoms with Gasteiger partial charge in [0.25, 0.3) is 5.91 Å². The predicted octanol–water partition coefficient (Wildman–Crippen LogP) is 2.70. The molecule has 3 aliphatic carbocycles. The predicted molar refractivity (Wildman–Crippen MR) is 158 cm³/mol. The van der Waals surface area contributed by atoms with Gasteiger partial charge in [-0.05, 0) is 62.2 Å². The number of primary amides is 1. The Balaban J connectivity index is 1.56. The number of rotatable bonds is 7. The molecule has 0 spiro atoms.